The van der Waals surface area contributed by atoms with E-state index in [4.69, 9.17) is 22.4 Å². The molecule has 0 saturated carbocycles. The van der Waals surface area contributed by atoms with Crippen molar-refractivity contribution in [1.82, 2.24) is 10.3 Å². The van der Waals surface area contributed by atoms with Gasteiger partial charge in [-0.2, -0.15) is 0 Å². The van der Waals surface area contributed by atoms with Gasteiger partial charge in [-0.25, -0.2) is 4.98 Å². The van der Waals surface area contributed by atoms with Crippen LogP contribution in [-0.2, 0) is 0 Å². The SMILES string of the molecule is C[C@H](CCO)NC(=O)c1cnc(N)c(Cl)c1. The summed E-state index contributed by atoms with van der Waals surface area (Å²) in [6.45, 7) is 1.84. The quantitative estimate of drug-likeness (QED) is 0.731. The monoisotopic (exact) mass is 243 g/mol. The fourth-order valence-corrected chi connectivity index (χ4v) is 1.31. The van der Waals surface area contributed by atoms with Crippen molar-refractivity contribution in [2.75, 3.05) is 12.3 Å². The molecule has 1 aromatic heterocycles. The van der Waals surface area contributed by atoms with Gasteiger partial charge in [0.25, 0.3) is 5.91 Å². The minimum absolute atomic E-state index is 0.0300. The molecule has 0 aromatic carbocycles. The maximum absolute atomic E-state index is 11.7. The van der Waals surface area contributed by atoms with Crippen LogP contribution in [0, 0.1) is 0 Å². The highest BCUT2D eigenvalue weighted by Crippen LogP contribution is 2.16. The smallest absolute Gasteiger partial charge is 0.253 e. The minimum atomic E-state index is -0.282. The molecule has 0 spiro atoms. The lowest BCUT2D eigenvalue weighted by atomic mass is 10.2. The van der Waals surface area contributed by atoms with Gasteiger partial charge in [-0.3, -0.25) is 4.79 Å². The number of carbonyl (C=O) groups excluding carboxylic acids is 1. The second-order valence-corrected chi connectivity index (χ2v) is 3.89. The number of nitrogen functional groups attached to an aromatic ring is 1. The maximum Gasteiger partial charge on any atom is 0.253 e. The Labute approximate surface area is 98.6 Å². The molecule has 0 bridgehead atoms. The molecule has 0 radical (unpaired) electrons. The summed E-state index contributed by atoms with van der Waals surface area (Å²) in [6, 6.07) is 1.36. The first-order chi connectivity index (χ1) is 7.54. The average Bonchev–Trinajstić information content (AvgIpc) is 2.22. The molecule has 0 unspecified atom stereocenters. The summed E-state index contributed by atoms with van der Waals surface area (Å²) in [5.74, 6) is -0.0861. The van der Waals surface area contributed by atoms with Gasteiger partial charge in [-0.1, -0.05) is 11.6 Å². The summed E-state index contributed by atoms with van der Waals surface area (Å²) in [4.78, 5) is 15.4. The molecule has 16 heavy (non-hydrogen) atoms. The molecular formula is C10H14ClN3O2. The number of amides is 1. The third kappa shape index (κ3) is 3.36. The van der Waals surface area contributed by atoms with Crippen LogP contribution in [0.25, 0.3) is 0 Å². The lowest BCUT2D eigenvalue weighted by Crippen LogP contribution is -2.33. The summed E-state index contributed by atoms with van der Waals surface area (Å²) in [7, 11) is 0. The number of pyridine rings is 1. The van der Waals surface area contributed by atoms with Crippen molar-refractivity contribution >= 4 is 23.3 Å². The van der Waals surface area contributed by atoms with Crippen LogP contribution in [0.15, 0.2) is 12.3 Å². The number of aromatic nitrogens is 1. The van der Waals surface area contributed by atoms with Gasteiger partial charge in [0.05, 0.1) is 10.6 Å². The van der Waals surface area contributed by atoms with Gasteiger partial charge in [0, 0.05) is 18.8 Å². The van der Waals surface area contributed by atoms with Crippen LogP contribution in [0.1, 0.15) is 23.7 Å². The standard InChI is InChI=1S/C10H14ClN3O2/c1-6(2-3-15)14-10(16)7-4-8(11)9(12)13-5-7/h4-6,15H,2-3H2,1H3,(H2,12,13)(H,14,16)/t6-/m1/s1. The Hall–Kier alpha value is -1.33. The Morgan fingerprint density at radius 2 is 2.44 bits per heavy atom. The number of aliphatic hydroxyl groups excluding tert-OH is 1. The van der Waals surface area contributed by atoms with Crippen LogP contribution < -0.4 is 11.1 Å². The molecule has 1 amide bonds. The van der Waals surface area contributed by atoms with E-state index in [0.717, 1.165) is 0 Å². The van der Waals surface area contributed by atoms with Gasteiger partial charge < -0.3 is 16.2 Å². The third-order valence-electron chi connectivity index (χ3n) is 2.07. The van der Waals surface area contributed by atoms with Crippen molar-refractivity contribution in [2.45, 2.75) is 19.4 Å². The Bertz CT molecular complexity index is 384. The number of hydrogen-bond donors (Lipinski definition) is 3. The van der Waals surface area contributed by atoms with E-state index >= 15 is 0 Å². The molecule has 0 aliphatic carbocycles. The van der Waals surface area contributed by atoms with Gasteiger partial charge in [-0.05, 0) is 19.4 Å². The number of nitrogens with one attached hydrogen (secondary N) is 1. The number of nitrogens with two attached hydrogens (primary N) is 1. The van der Waals surface area contributed by atoms with E-state index in [-0.39, 0.29) is 29.4 Å². The van der Waals surface area contributed by atoms with Gasteiger partial charge in [0.2, 0.25) is 0 Å². The van der Waals surface area contributed by atoms with Gasteiger partial charge >= 0.3 is 0 Å². The topological polar surface area (TPSA) is 88.2 Å². The molecule has 0 aliphatic rings. The van der Waals surface area contributed by atoms with Crippen LogP contribution in [0.3, 0.4) is 0 Å². The zero-order chi connectivity index (χ0) is 12.1. The van der Waals surface area contributed by atoms with Crippen molar-refractivity contribution < 1.29 is 9.90 Å². The molecule has 6 heteroatoms. The van der Waals surface area contributed by atoms with Gasteiger partial charge in [0.1, 0.15) is 5.82 Å². The van der Waals surface area contributed by atoms with Crippen molar-refractivity contribution in [3.63, 3.8) is 0 Å². The number of halogens is 1. The Morgan fingerprint density at radius 3 is 3.00 bits per heavy atom. The number of hydrogen-bond acceptors (Lipinski definition) is 4. The maximum atomic E-state index is 11.7. The van der Waals surface area contributed by atoms with Crippen molar-refractivity contribution in [1.29, 1.82) is 0 Å². The normalized spacial score (nSPS) is 12.2. The summed E-state index contributed by atoms with van der Waals surface area (Å²) in [6.07, 6.45) is 1.87. The molecule has 5 nitrogen and oxygen atoms in total. The zero-order valence-corrected chi connectivity index (χ0v) is 9.66. The molecule has 0 fully saturated rings. The summed E-state index contributed by atoms with van der Waals surface area (Å²) in [5.41, 5.74) is 5.78. The van der Waals surface area contributed by atoms with Crippen LogP contribution in [0.4, 0.5) is 5.82 Å². The molecule has 0 aliphatic heterocycles. The molecule has 1 atom stereocenters. The van der Waals surface area contributed by atoms with Crippen LogP contribution >= 0.6 is 11.6 Å². The molecule has 4 N–H and O–H groups in total. The number of carbonyl (C=O) groups is 1. The predicted octanol–water partition coefficient (Wildman–Crippen LogP) is 0.818. The van der Waals surface area contributed by atoms with Crippen molar-refractivity contribution in [3.8, 4) is 0 Å². The minimum Gasteiger partial charge on any atom is -0.396 e. The lowest BCUT2D eigenvalue weighted by molar-refractivity contribution is 0.0934. The van der Waals surface area contributed by atoms with Gasteiger partial charge in [-0.15, -0.1) is 0 Å². The molecule has 1 heterocycles. The van der Waals surface area contributed by atoms with E-state index < -0.39 is 0 Å². The van der Waals surface area contributed by atoms with Crippen LogP contribution in [-0.4, -0.2) is 28.6 Å². The molecular weight excluding hydrogens is 230 g/mol. The van der Waals surface area contributed by atoms with Crippen LogP contribution in [0.2, 0.25) is 5.02 Å². The number of rotatable bonds is 4. The molecule has 1 aromatic rings. The Morgan fingerprint density at radius 1 is 1.75 bits per heavy atom. The van der Waals surface area contributed by atoms with E-state index in [2.05, 4.69) is 10.3 Å². The highest BCUT2D eigenvalue weighted by Gasteiger charge is 2.11. The predicted molar refractivity (Wildman–Crippen MR) is 62.3 cm³/mol. The Kier molecular flexibility index (Phi) is 4.52. The second kappa shape index (κ2) is 5.67. The molecule has 0 saturated heterocycles. The van der Waals surface area contributed by atoms with Gasteiger partial charge in [0.15, 0.2) is 0 Å². The molecule has 88 valence electrons. The summed E-state index contributed by atoms with van der Waals surface area (Å²) in [5, 5.41) is 11.7. The third-order valence-corrected chi connectivity index (χ3v) is 2.37. The van der Waals surface area contributed by atoms with Crippen molar-refractivity contribution in [3.05, 3.63) is 22.8 Å². The van der Waals surface area contributed by atoms with Crippen LogP contribution in [0.5, 0.6) is 0 Å². The summed E-state index contributed by atoms with van der Waals surface area (Å²) >= 11 is 5.75. The van der Waals surface area contributed by atoms with E-state index in [1.165, 1.54) is 12.3 Å². The highest BCUT2D eigenvalue weighted by molar-refractivity contribution is 6.33. The first-order valence-corrected chi connectivity index (χ1v) is 5.25. The fraction of sp³-hybridized carbons (Fsp3) is 0.400. The lowest BCUT2D eigenvalue weighted by Gasteiger charge is -2.12. The first kappa shape index (κ1) is 12.7. The number of nitrogens with zero attached hydrogens (tertiary/aromatic N) is 1. The average molecular weight is 244 g/mol. The largest absolute Gasteiger partial charge is 0.396 e. The second-order valence-electron chi connectivity index (χ2n) is 3.48. The highest BCUT2D eigenvalue weighted by atomic mass is 35.5. The number of anilines is 1. The van der Waals surface area contributed by atoms with Crippen molar-refractivity contribution in [2.24, 2.45) is 0 Å². The van der Waals surface area contributed by atoms with E-state index in [1.807, 2.05) is 0 Å². The fourth-order valence-electron chi connectivity index (χ4n) is 1.15. The Balaban J connectivity index is 2.69. The van der Waals surface area contributed by atoms with E-state index in [0.29, 0.717) is 12.0 Å². The zero-order valence-electron chi connectivity index (χ0n) is 8.90. The first-order valence-electron chi connectivity index (χ1n) is 4.87. The molecule has 1 rings (SSSR count). The summed E-state index contributed by atoms with van der Waals surface area (Å²) < 4.78 is 0. The number of aliphatic hydroxyl groups is 1. The van der Waals surface area contributed by atoms with E-state index in [9.17, 15) is 4.79 Å². The van der Waals surface area contributed by atoms with E-state index in [1.54, 1.807) is 6.92 Å².